The highest BCUT2D eigenvalue weighted by atomic mass is 32.1. The van der Waals surface area contributed by atoms with Crippen molar-refractivity contribution in [2.75, 3.05) is 6.54 Å². The number of fused-ring (bicyclic) bond motifs is 1. The van der Waals surface area contributed by atoms with Gasteiger partial charge in [-0.05, 0) is 36.0 Å². The third-order valence-corrected chi connectivity index (χ3v) is 5.01. The van der Waals surface area contributed by atoms with Crippen molar-refractivity contribution in [2.24, 2.45) is 0 Å². The Kier molecular flexibility index (Phi) is 5.44. The molecule has 0 aliphatic carbocycles. The van der Waals surface area contributed by atoms with Crippen molar-refractivity contribution in [1.82, 2.24) is 19.9 Å². The Balaban J connectivity index is 1.50. The van der Waals surface area contributed by atoms with Gasteiger partial charge >= 0.3 is 6.36 Å². The van der Waals surface area contributed by atoms with E-state index in [0.29, 0.717) is 35.5 Å². The molecule has 1 aliphatic heterocycles. The summed E-state index contributed by atoms with van der Waals surface area (Å²) < 4.78 is 42.3. The zero-order valence-corrected chi connectivity index (χ0v) is 16.4. The van der Waals surface area contributed by atoms with E-state index in [1.807, 2.05) is 6.07 Å². The number of H-pyrrole nitrogens is 2. The third kappa shape index (κ3) is 4.60. The zero-order valence-electron chi connectivity index (χ0n) is 15.6. The van der Waals surface area contributed by atoms with Crippen molar-refractivity contribution < 1.29 is 17.9 Å². The fraction of sp³-hybridized carbons (Fsp3) is 0.250. The summed E-state index contributed by atoms with van der Waals surface area (Å²) in [4.78, 5) is 24.2. The van der Waals surface area contributed by atoms with Gasteiger partial charge in [0.25, 0.3) is 5.56 Å². The molecule has 0 bridgehead atoms. The molecule has 2 aromatic heterocycles. The molecule has 10 heteroatoms. The van der Waals surface area contributed by atoms with E-state index in [0.717, 1.165) is 17.8 Å². The van der Waals surface area contributed by atoms with Crippen LogP contribution in [0.4, 0.5) is 13.2 Å². The van der Waals surface area contributed by atoms with Crippen molar-refractivity contribution in [3.05, 3.63) is 74.5 Å². The summed E-state index contributed by atoms with van der Waals surface area (Å²) in [7, 11) is 0. The molecule has 2 N–H and O–H groups in total. The zero-order chi connectivity index (χ0) is 21.3. The minimum absolute atomic E-state index is 0.187. The summed E-state index contributed by atoms with van der Waals surface area (Å²) in [5.74, 6) is -0.297. The Bertz CT molecular complexity index is 1170. The fourth-order valence-electron chi connectivity index (χ4n) is 3.47. The normalized spacial score (nSPS) is 14.4. The van der Waals surface area contributed by atoms with Crippen LogP contribution in [0.15, 0.2) is 47.4 Å². The van der Waals surface area contributed by atoms with E-state index >= 15 is 0 Å². The molecule has 30 heavy (non-hydrogen) atoms. The van der Waals surface area contributed by atoms with Crippen LogP contribution < -0.4 is 10.3 Å². The lowest BCUT2D eigenvalue weighted by Gasteiger charge is -2.27. The van der Waals surface area contributed by atoms with Crippen molar-refractivity contribution in [2.45, 2.75) is 25.9 Å². The van der Waals surface area contributed by atoms with Gasteiger partial charge in [-0.2, -0.15) is 0 Å². The van der Waals surface area contributed by atoms with E-state index in [9.17, 15) is 18.0 Å². The highest BCUT2D eigenvalue weighted by molar-refractivity contribution is 7.71. The first-order valence-electron chi connectivity index (χ1n) is 9.15. The van der Waals surface area contributed by atoms with Crippen molar-refractivity contribution in [1.29, 1.82) is 0 Å². The minimum Gasteiger partial charge on any atom is -0.405 e. The Morgan fingerprint density at radius 1 is 1.17 bits per heavy atom. The number of hydrogen-bond acceptors (Lipinski definition) is 5. The summed E-state index contributed by atoms with van der Waals surface area (Å²) in [6, 6.07) is 9.36. The van der Waals surface area contributed by atoms with Crippen LogP contribution in [0.1, 0.15) is 16.8 Å². The number of halogens is 3. The Morgan fingerprint density at radius 3 is 2.70 bits per heavy atom. The molecule has 1 aromatic carbocycles. The Hall–Kier alpha value is -2.98. The van der Waals surface area contributed by atoms with E-state index in [1.54, 1.807) is 18.3 Å². The predicted molar refractivity (Wildman–Crippen MR) is 106 cm³/mol. The first-order valence-corrected chi connectivity index (χ1v) is 9.56. The van der Waals surface area contributed by atoms with Gasteiger partial charge in [0.2, 0.25) is 0 Å². The molecule has 4 rings (SSSR count). The molecule has 156 valence electrons. The van der Waals surface area contributed by atoms with Crippen LogP contribution in [0.25, 0.3) is 11.3 Å². The van der Waals surface area contributed by atoms with E-state index in [1.165, 1.54) is 18.2 Å². The molecule has 0 atom stereocenters. The van der Waals surface area contributed by atoms with Gasteiger partial charge in [0.05, 0.1) is 11.3 Å². The molecular formula is C20H17F3N4O2S. The van der Waals surface area contributed by atoms with Crippen LogP contribution >= 0.6 is 12.2 Å². The lowest BCUT2D eigenvalue weighted by molar-refractivity contribution is -0.274. The number of pyridine rings is 1. The number of hydrogen-bond donors (Lipinski definition) is 2. The average Bonchev–Trinajstić information content (AvgIpc) is 2.68. The Labute approximate surface area is 174 Å². The highest BCUT2D eigenvalue weighted by Gasteiger charge is 2.32. The van der Waals surface area contributed by atoms with Crippen molar-refractivity contribution in [3.63, 3.8) is 0 Å². The maximum atomic E-state index is 12.6. The SMILES string of the molecule is O=c1[nH]c(=S)[nH]c2c1CN(Cc1ccc(-c3ccccc3OC(F)(F)F)nc1)CC2. The second-order valence-corrected chi connectivity index (χ2v) is 7.33. The van der Waals surface area contributed by atoms with Crippen molar-refractivity contribution >= 4 is 12.2 Å². The van der Waals surface area contributed by atoms with Crippen molar-refractivity contribution in [3.8, 4) is 17.0 Å². The largest absolute Gasteiger partial charge is 0.573 e. The number of nitrogens with zero attached hydrogens (tertiary/aromatic N) is 2. The van der Waals surface area contributed by atoms with Crippen LogP contribution in [0.2, 0.25) is 0 Å². The van der Waals surface area contributed by atoms with Gasteiger partial charge in [-0.3, -0.25) is 19.7 Å². The van der Waals surface area contributed by atoms with E-state index in [2.05, 4.69) is 24.6 Å². The molecule has 0 fully saturated rings. The second-order valence-electron chi connectivity index (χ2n) is 6.92. The average molecular weight is 434 g/mol. The van der Waals surface area contributed by atoms with Gasteiger partial charge in [0.1, 0.15) is 5.75 Å². The first kappa shape index (κ1) is 20.3. The molecule has 0 radical (unpaired) electrons. The number of aromatic amines is 2. The standard InChI is InChI=1S/C20H17F3N4O2S/c21-20(22,23)29-17-4-2-1-3-13(17)15-6-5-12(9-24-15)10-27-8-7-16-14(11-27)18(28)26-19(30)25-16/h1-6,9H,7-8,10-11H2,(H2,25,26,28,30). The smallest absolute Gasteiger partial charge is 0.405 e. The number of para-hydroxylation sites is 1. The number of benzene rings is 1. The molecule has 0 amide bonds. The van der Waals surface area contributed by atoms with Crippen LogP contribution in [0.5, 0.6) is 5.75 Å². The summed E-state index contributed by atoms with van der Waals surface area (Å²) in [6.45, 7) is 1.77. The van der Waals surface area contributed by atoms with Gasteiger partial charge in [-0.15, -0.1) is 13.2 Å². The fourth-order valence-corrected chi connectivity index (χ4v) is 3.69. The van der Waals surface area contributed by atoms with Gasteiger partial charge in [-0.1, -0.05) is 18.2 Å². The van der Waals surface area contributed by atoms with Crippen LogP contribution in [0.3, 0.4) is 0 Å². The summed E-state index contributed by atoms with van der Waals surface area (Å²) in [6.07, 6.45) is -2.48. The molecule has 0 unspecified atom stereocenters. The molecule has 3 aromatic rings. The first-order chi connectivity index (χ1) is 14.3. The number of alkyl halides is 3. The summed E-state index contributed by atoms with van der Waals surface area (Å²) in [5.41, 5.74) is 2.86. The highest BCUT2D eigenvalue weighted by Crippen LogP contribution is 2.32. The van der Waals surface area contributed by atoms with Crippen LogP contribution in [-0.2, 0) is 19.5 Å². The lowest BCUT2D eigenvalue weighted by atomic mass is 10.1. The topological polar surface area (TPSA) is 74.0 Å². The molecule has 6 nitrogen and oxygen atoms in total. The Morgan fingerprint density at radius 2 is 1.97 bits per heavy atom. The quantitative estimate of drug-likeness (QED) is 0.609. The van der Waals surface area contributed by atoms with Crippen LogP contribution in [0, 0.1) is 4.77 Å². The number of rotatable bonds is 4. The summed E-state index contributed by atoms with van der Waals surface area (Å²) >= 11 is 5.01. The van der Waals surface area contributed by atoms with E-state index in [-0.39, 0.29) is 16.9 Å². The molecule has 0 saturated carbocycles. The summed E-state index contributed by atoms with van der Waals surface area (Å²) in [5, 5.41) is 0. The maximum Gasteiger partial charge on any atom is 0.573 e. The third-order valence-electron chi connectivity index (χ3n) is 4.81. The van der Waals surface area contributed by atoms with Gasteiger partial charge in [0, 0.05) is 43.5 Å². The van der Waals surface area contributed by atoms with E-state index in [4.69, 9.17) is 12.2 Å². The number of aromatic nitrogens is 3. The monoisotopic (exact) mass is 434 g/mol. The lowest BCUT2D eigenvalue weighted by Crippen LogP contribution is -2.35. The minimum atomic E-state index is -4.78. The maximum absolute atomic E-state index is 12.6. The van der Waals surface area contributed by atoms with Gasteiger partial charge < -0.3 is 9.72 Å². The number of ether oxygens (including phenoxy) is 1. The predicted octanol–water partition coefficient (Wildman–Crippen LogP) is 3.95. The van der Waals surface area contributed by atoms with Gasteiger partial charge in [-0.25, -0.2) is 0 Å². The molecular weight excluding hydrogens is 417 g/mol. The molecule has 0 saturated heterocycles. The molecule has 3 heterocycles. The molecule has 1 aliphatic rings. The number of nitrogens with one attached hydrogen (secondary N) is 2. The van der Waals surface area contributed by atoms with Crippen LogP contribution in [-0.4, -0.2) is 32.8 Å². The second kappa shape index (κ2) is 8.04. The van der Waals surface area contributed by atoms with Gasteiger partial charge in [0.15, 0.2) is 4.77 Å². The van der Waals surface area contributed by atoms with E-state index < -0.39 is 6.36 Å². The molecule has 0 spiro atoms.